The van der Waals surface area contributed by atoms with Gasteiger partial charge in [-0.05, 0) is 43.4 Å². The van der Waals surface area contributed by atoms with Crippen LogP contribution in [0.2, 0.25) is 0 Å². The molecule has 14 heavy (non-hydrogen) atoms. The Morgan fingerprint density at radius 3 is 2.50 bits per heavy atom. The maximum absolute atomic E-state index is 10.5. The molecule has 0 heterocycles. The number of hydrogen-bond donors (Lipinski definition) is 0. The fourth-order valence-electron chi connectivity index (χ4n) is 3.39. The Morgan fingerprint density at radius 1 is 1.07 bits per heavy atom. The van der Waals surface area contributed by atoms with Gasteiger partial charge in [0.05, 0.1) is 0 Å². The molecule has 0 saturated heterocycles. The predicted molar refractivity (Wildman–Crippen MR) is 52.4 cm³/mol. The monoisotopic (exact) mass is 195 g/mol. The fourth-order valence-corrected chi connectivity index (χ4v) is 3.39. The average Bonchev–Trinajstić information content (AvgIpc) is 2.17. The first-order chi connectivity index (χ1) is 6.75. The molecule has 2 fully saturated rings. The molecule has 2 aliphatic rings. The molecule has 0 bridgehead atoms. The molecule has 3 atom stereocenters. The lowest BCUT2D eigenvalue weighted by Crippen LogP contribution is -2.32. The SMILES string of the molecule is O=C([O-])CC1CCC2CCCCC2C1. The van der Waals surface area contributed by atoms with Crippen molar-refractivity contribution in [1.29, 1.82) is 0 Å². The Hall–Kier alpha value is -0.530. The zero-order valence-corrected chi connectivity index (χ0v) is 8.71. The number of hydrogen-bond acceptors (Lipinski definition) is 2. The van der Waals surface area contributed by atoms with Crippen molar-refractivity contribution in [2.24, 2.45) is 17.8 Å². The van der Waals surface area contributed by atoms with Gasteiger partial charge < -0.3 is 9.90 Å². The summed E-state index contributed by atoms with van der Waals surface area (Å²) in [5.74, 6) is 1.31. The van der Waals surface area contributed by atoms with Crippen molar-refractivity contribution in [1.82, 2.24) is 0 Å². The molecular formula is C12H19O2-. The third kappa shape index (κ3) is 2.28. The number of carbonyl (C=O) groups excluding carboxylic acids is 1. The summed E-state index contributed by atoms with van der Waals surface area (Å²) >= 11 is 0. The van der Waals surface area contributed by atoms with Crippen LogP contribution in [0, 0.1) is 17.8 Å². The van der Waals surface area contributed by atoms with E-state index in [4.69, 9.17) is 0 Å². The highest BCUT2D eigenvalue weighted by Gasteiger charge is 2.31. The van der Waals surface area contributed by atoms with Crippen molar-refractivity contribution in [2.45, 2.75) is 51.4 Å². The molecular weight excluding hydrogens is 176 g/mol. The van der Waals surface area contributed by atoms with E-state index in [1.165, 1.54) is 32.1 Å². The summed E-state index contributed by atoms with van der Waals surface area (Å²) in [6.07, 6.45) is 9.32. The largest absolute Gasteiger partial charge is 0.550 e. The standard InChI is InChI=1S/C12H20O2/c13-12(14)8-9-5-6-10-3-1-2-4-11(10)7-9/h9-11H,1-8H2,(H,13,14)/p-1. The van der Waals surface area contributed by atoms with Gasteiger partial charge in [-0.15, -0.1) is 0 Å². The first kappa shape index (κ1) is 10.0. The second-order valence-corrected chi connectivity index (χ2v) is 5.06. The molecule has 0 amide bonds. The summed E-state index contributed by atoms with van der Waals surface area (Å²) in [4.78, 5) is 10.5. The molecule has 2 aliphatic carbocycles. The molecule has 2 nitrogen and oxygen atoms in total. The number of fused-ring (bicyclic) bond motifs is 1. The minimum absolute atomic E-state index is 0.295. The number of aliphatic carboxylic acids is 1. The number of carboxylic acids is 1. The van der Waals surface area contributed by atoms with Crippen LogP contribution in [0.1, 0.15) is 51.4 Å². The van der Waals surface area contributed by atoms with E-state index in [1.54, 1.807) is 0 Å². The molecule has 2 saturated carbocycles. The topological polar surface area (TPSA) is 40.1 Å². The summed E-state index contributed by atoms with van der Waals surface area (Å²) in [7, 11) is 0. The van der Waals surface area contributed by atoms with Crippen LogP contribution in [0.3, 0.4) is 0 Å². The molecule has 0 N–H and O–H groups in total. The average molecular weight is 195 g/mol. The van der Waals surface area contributed by atoms with Crippen molar-refractivity contribution >= 4 is 5.97 Å². The van der Waals surface area contributed by atoms with E-state index in [-0.39, 0.29) is 0 Å². The van der Waals surface area contributed by atoms with E-state index in [1.807, 2.05) is 0 Å². The molecule has 2 heteroatoms. The van der Waals surface area contributed by atoms with Crippen molar-refractivity contribution in [3.05, 3.63) is 0 Å². The molecule has 0 aromatic rings. The molecule has 0 aromatic heterocycles. The number of rotatable bonds is 2. The minimum atomic E-state index is -0.857. The van der Waals surface area contributed by atoms with Crippen LogP contribution in [0.15, 0.2) is 0 Å². The predicted octanol–water partition coefficient (Wildman–Crippen LogP) is 1.73. The van der Waals surface area contributed by atoms with Gasteiger partial charge in [-0.3, -0.25) is 0 Å². The number of carbonyl (C=O) groups is 1. The lowest BCUT2D eigenvalue weighted by molar-refractivity contribution is -0.307. The molecule has 2 rings (SSSR count). The van der Waals surface area contributed by atoms with Gasteiger partial charge in [-0.2, -0.15) is 0 Å². The molecule has 3 unspecified atom stereocenters. The Kier molecular flexibility index (Phi) is 3.09. The van der Waals surface area contributed by atoms with Gasteiger partial charge in [0.2, 0.25) is 0 Å². The first-order valence-electron chi connectivity index (χ1n) is 5.95. The van der Waals surface area contributed by atoms with Crippen LogP contribution in [0.25, 0.3) is 0 Å². The molecule has 0 aromatic carbocycles. The van der Waals surface area contributed by atoms with Crippen molar-refractivity contribution in [3.8, 4) is 0 Å². The van der Waals surface area contributed by atoms with E-state index in [2.05, 4.69) is 0 Å². The Balaban J connectivity index is 1.86. The fraction of sp³-hybridized carbons (Fsp3) is 0.917. The van der Waals surface area contributed by atoms with Gasteiger partial charge >= 0.3 is 0 Å². The highest BCUT2D eigenvalue weighted by atomic mass is 16.4. The van der Waals surface area contributed by atoms with E-state index in [0.717, 1.165) is 24.7 Å². The zero-order chi connectivity index (χ0) is 9.97. The molecule has 80 valence electrons. The van der Waals surface area contributed by atoms with E-state index in [0.29, 0.717) is 12.3 Å². The Labute approximate surface area is 85.7 Å². The van der Waals surface area contributed by atoms with Crippen LogP contribution in [-0.2, 0) is 4.79 Å². The third-order valence-corrected chi connectivity index (χ3v) is 4.10. The quantitative estimate of drug-likeness (QED) is 0.673. The summed E-state index contributed by atoms with van der Waals surface area (Å²) in [6.45, 7) is 0. The minimum Gasteiger partial charge on any atom is -0.550 e. The second kappa shape index (κ2) is 4.33. The highest BCUT2D eigenvalue weighted by Crippen LogP contribution is 2.43. The first-order valence-corrected chi connectivity index (χ1v) is 5.95. The lowest BCUT2D eigenvalue weighted by Gasteiger charge is -2.39. The van der Waals surface area contributed by atoms with E-state index >= 15 is 0 Å². The summed E-state index contributed by atoms with van der Waals surface area (Å²) in [6, 6.07) is 0. The summed E-state index contributed by atoms with van der Waals surface area (Å²) in [5, 5.41) is 10.5. The van der Waals surface area contributed by atoms with Gasteiger partial charge in [-0.25, -0.2) is 0 Å². The lowest BCUT2D eigenvalue weighted by atomic mass is 9.67. The summed E-state index contributed by atoms with van der Waals surface area (Å²) < 4.78 is 0. The van der Waals surface area contributed by atoms with Gasteiger partial charge in [-0.1, -0.05) is 25.7 Å². The third-order valence-electron chi connectivity index (χ3n) is 4.10. The normalized spacial score (nSPS) is 37.6. The Morgan fingerprint density at radius 2 is 1.79 bits per heavy atom. The van der Waals surface area contributed by atoms with Crippen LogP contribution < -0.4 is 5.11 Å². The van der Waals surface area contributed by atoms with Gasteiger partial charge in [0.25, 0.3) is 0 Å². The van der Waals surface area contributed by atoms with E-state index < -0.39 is 5.97 Å². The maximum Gasteiger partial charge on any atom is 0.0417 e. The zero-order valence-electron chi connectivity index (χ0n) is 8.71. The molecule has 0 spiro atoms. The molecule has 0 aliphatic heterocycles. The van der Waals surface area contributed by atoms with Crippen LogP contribution in [0.4, 0.5) is 0 Å². The molecule has 0 radical (unpaired) electrons. The van der Waals surface area contributed by atoms with E-state index in [9.17, 15) is 9.90 Å². The van der Waals surface area contributed by atoms with Crippen LogP contribution >= 0.6 is 0 Å². The van der Waals surface area contributed by atoms with Gasteiger partial charge in [0.15, 0.2) is 0 Å². The number of carboxylic acid groups (broad SMARTS) is 1. The van der Waals surface area contributed by atoms with Crippen molar-refractivity contribution in [3.63, 3.8) is 0 Å². The van der Waals surface area contributed by atoms with Crippen molar-refractivity contribution < 1.29 is 9.90 Å². The van der Waals surface area contributed by atoms with Crippen molar-refractivity contribution in [2.75, 3.05) is 0 Å². The van der Waals surface area contributed by atoms with Gasteiger partial charge in [0, 0.05) is 5.97 Å². The van der Waals surface area contributed by atoms with Crippen LogP contribution in [-0.4, -0.2) is 5.97 Å². The second-order valence-electron chi connectivity index (χ2n) is 5.06. The van der Waals surface area contributed by atoms with Gasteiger partial charge in [0.1, 0.15) is 0 Å². The Bertz CT molecular complexity index is 212. The van der Waals surface area contributed by atoms with Crippen LogP contribution in [0.5, 0.6) is 0 Å². The summed E-state index contributed by atoms with van der Waals surface area (Å²) in [5.41, 5.74) is 0. The maximum atomic E-state index is 10.5. The highest BCUT2D eigenvalue weighted by molar-refractivity contribution is 5.64. The smallest absolute Gasteiger partial charge is 0.0417 e.